The van der Waals surface area contributed by atoms with Crippen molar-refractivity contribution in [2.24, 2.45) is 0 Å². The summed E-state index contributed by atoms with van der Waals surface area (Å²) >= 11 is 0. The number of hydrogen-bond acceptors (Lipinski definition) is 5. The standard InChI is InChI=1S/C16H26N2O5S/c1-3-8-18(24(2,20)21)13-16(19)17(11-14-6-4-9-22-14)12-15-7-5-10-23-15/h4,6,9,15H,3,5,7-8,10-13H2,1-2H3/t15-/m0/s1. The quantitative estimate of drug-likeness (QED) is 0.668. The number of amides is 1. The van der Waals surface area contributed by atoms with Crippen LogP contribution in [-0.2, 0) is 26.1 Å². The van der Waals surface area contributed by atoms with Crippen LogP contribution >= 0.6 is 0 Å². The maximum Gasteiger partial charge on any atom is 0.238 e. The van der Waals surface area contributed by atoms with Gasteiger partial charge in [0.1, 0.15) is 5.76 Å². The Kier molecular flexibility index (Phi) is 6.82. The molecule has 2 rings (SSSR count). The van der Waals surface area contributed by atoms with Crippen molar-refractivity contribution < 1.29 is 22.4 Å². The summed E-state index contributed by atoms with van der Waals surface area (Å²) in [6.45, 7) is 3.53. The molecule has 1 fully saturated rings. The molecule has 0 saturated carbocycles. The van der Waals surface area contributed by atoms with E-state index in [-0.39, 0.29) is 18.6 Å². The van der Waals surface area contributed by atoms with E-state index in [1.165, 1.54) is 4.31 Å². The molecular formula is C16H26N2O5S. The maximum atomic E-state index is 12.7. The van der Waals surface area contributed by atoms with Gasteiger partial charge in [0.25, 0.3) is 0 Å². The summed E-state index contributed by atoms with van der Waals surface area (Å²) in [5.74, 6) is 0.434. The number of sulfonamides is 1. The van der Waals surface area contributed by atoms with E-state index in [1.807, 2.05) is 6.92 Å². The normalized spacial score (nSPS) is 18.2. The van der Waals surface area contributed by atoms with Crippen LogP contribution in [0.4, 0.5) is 0 Å². The van der Waals surface area contributed by atoms with Crippen LogP contribution in [0.3, 0.4) is 0 Å². The monoisotopic (exact) mass is 358 g/mol. The van der Waals surface area contributed by atoms with Gasteiger partial charge in [-0.3, -0.25) is 4.79 Å². The highest BCUT2D eigenvalue weighted by molar-refractivity contribution is 7.88. The van der Waals surface area contributed by atoms with E-state index in [9.17, 15) is 13.2 Å². The van der Waals surface area contributed by atoms with Crippen LogP contribution < -0.4 is 0 Å². The lowest BCUT2D eigenvalue weighted by molar-refractivity contribution is -0.133. The van der Waals surface area contributed by atoms with Crippen LogP contribution in [0.2, 0.25) is 0 Å². The highest BCUT2D eigenvalue weighted by Crippen LogP contribution is 2.16. The largest absolute Gasteiger partial charge is 0.467 e. The number of nitrogens with zero attached hydrogens (tertiary/aromatic N) is 2. The SMILES string of the molecule is CCCN(CC(=O)N(Cc1ccco1)C[C@@H]1CCCO1)S(C)(=O)=O. The van der Waals surface area contributed by atoms with Crippen molar-refractivity contribution >= 4 is 15.9 Å². The zero-order chi connectivity index (χ0) is 17.6. The first-order chi connectivity index (χ1) is 11.4. The molecule has 1 aromatic heterocycles. The summed E-state index contributed by atoms with van der Waals surface area (Å²) in [4.78, 5) is 14.3. The summed E-state index contributed by atoms with van der Waals surface area (Å²) in [5, 5.41) is 0. The average molecular weight is 358 g/mol. The van der Waals surface area contributed by atoms with Gasteiger partial charge in [-0.05, 0) is 31.4 Å². The summed E-state index contributed by atoms with van der Waals surface area (Å²) in [5.41, 5.74) is 0. The van der Waals surface area contributed by atoms with E-state index in [0.29, 0.717) is 38.4 Å². The van der Waals surface area contributed by atoms with Crippen LogP contribution in [0.5, 0.6) is 0 Å². The predicted octanol–water partition coefficient (Wildman–Crippen LogP) is 1.46. The molecule has 0 unspecified atom stereocenters. The summed E-state index contributed by atoms with van der Waals surface area (Å²) in [6, 6.07) is 3.57. The van der Waals surface area contributed by atoms with E-state index in [4.69, 9.17) is 9.15 Å². The fourth-order valence-electron chi connectivity index (χ4n) is 2.74. The molecule has 1 saturated heterocycles. The van der Waals surface area contributed by atoms with Gasteiger partial charge in [-0.2, -0.15) is 4.31 Å². The number of furan rings is 1. The molecule has 1 aliphatic rings. The molecule has 1 amide bonds. The minimum absolute atomic E-state index is 0.00164. The lowest BCUT2D eigenvalue weighted by Crippen LogP contribution is -2.44. The molecular weight excluding hydrogens is 332 g/mol. The molecule has 0 bridgehead atoms. The van der Waals surface area contributed by atoms with Crippen LogP contribution in [0.1, 0.15) is 31.9 Å². The smallest absolute Gasteiger partial charge is 0.238 e. The van der Waals surface area contributed by atoms with Gasteiger partial charge in [0.05, 0.1) is 31.7 Å². The first kappa shape index (κ1) is 19.0. The second-order valence-electron chi connectivity index (χ2n) is 6.09. The Labute approximate surface area is 143 Å². The third-order valence-electron chi connectivity index (χ3n) is 3.98. The van der Waals surface area contributed by atoms with E-state index in [0.717, 1.165) is 19.1 Å². The molecule has 2 heterocycles. The predicted molar refractivity (Wildman–Crippen MR) is 89.8 cm³/mol. The number of rotatable bonds is 9. The Balaban J connectivity index is 2.07. The molecule has 0 aliphatic carbocycles. The first-order valence-corrected chi connectivity index (χ1v) is 10.1. The topological polar surface area (TPSA) is 80.1 Å². The van der Waals surface area contributed by atoms with Crippen molar-refractivity contribution in [3.63, 3.8) is 0 Å². The van der Waals surface area contributed by atoms with Gasteiger partial charge in [0.15, 0.2) is 0 Å². The van der Waals surface area contributed by atoms with Gasteiger partial charge in [-0.25, -0.2) is 8.42 Å². The molecule has 0 spiro atoms. The van der Waals surface area contributed by atoms with E-state index >= 15 is 0 Å². The van der Waals surface area contributed by atoms with E-state index in [2.05, 4.69) is 0 Å². The Morgan fingerprint density at radius 1 is 1.42 bits per heavy atom. The number of ether oxygens (including phenoxy) is 1. The van der Waals surface area contributed by atoms with Crippen molar-refractivity contribution in [2.75, 3.05) is 32.5 Å². The zero-order valence-corrected chi connectivity index (χ0v) is 15.1. The van der Waals surface area contributed by atoms with Gasteiger partial charge in [-0.15, -0.1) is 0 Å². The molecule has 0 aromatic carbocycles. The molecule has 1 aliphatic heterocycles. The van der Waals surface area contributed by atoms with Gasteiger partial charge in [0.2, 0.25) is 15.9 Å². The van der Waals surface area contributed by atoms with E-state index in [1.54, 1.807) is 23.3 Å². The average Bonchev–Trinajstić information content (AvgIpc) is 3.18. The lowest BCUT2D eigenvalue weighted by Gasteiger charge is -2.27. The van der Waals surface area contributed by atoms with Crippen molar-refractivity contribution in [1.82, 2.24) is 9.21 Å². The summed E-state index contributed by atoms with van der Waals surface area (Å²) < 4.78 is 35.9. The third kappa shape index (κ3) is 5.61. The summed E-state index contributed by atoms with van der Waals surface area (Å²) in [6.07, 6.45) is 5.24. The molecule has 136 valence electrons. The van der Waals surface area contributed by atoms with Gasteiger partial charge < -0.3 is 14.1 Å². The van der Waals surface area contributed by atoms with Gasteiger partial charge in [-0.1, -0.05) is 6.92 Å². The Hall–Kier alpha value is -1.38. The van der Waals surface area contributed by atoms with Crippen molar-refractivity contribution in [3.8, 4) is 0 Å². The highest BCUT2D eigenvalue weighted by atomic mass is 32.2. The van der Waals surface area contributed by atoms with E-state index < -0.39 is 10.0 Å². The van der Waals surface area contributed by atoms with Crippen LogP contribution in [0, 0.1) is 0 Å². The second kappa shape index (κ2) is 8.64. The fraction of sp³-hybridized carbons (Fsp3) is 0.688. The van der Waals surface area contributed by atoms with Gasteiger partial charge in [0, 0.05) is 19.7 Å². The number of hydrogen-bond donors (Lipinski definition) is 0. The molecule has 8 heteroatoms. The minimum atomic E-state index is -3.41. The van der Waals surface area contributed by atoms with Gasteiger partial charge >= 0.3 is 0 Å². The number of carbonyl (C=O) groups excluding carboxylic acids is 1. The third-order valence-corrected chi connectivity index (χ3v) is 5.23. The highest BCUT2D eigenvalue weighted by Gasteiger charge is 2.27. The molecule has 7 nitrogen and oxygen atoms in total. The minimum Gasteiger partial charge on any atom is -0.467 e. The first-order valence-electron chi connectivity index (χ1n) is 8.27. The zero-order valence-electron chi connectivity index (χ0n) is 14.3. The van der Waals surface area contributed by atoms with Crippen LogP contribution in [-0.4, -0.2) is 62.1 Å². The van der Waals surface area contributed by atoms with Crippen molar-refractivity contribution in [3.05, 3.63) is 24.2 Å². The Morgan fingerprint density at radius 3 is 2.75 bits per heavy atom. The lowest BCUT2D eigenvalue weighted by atomic mass is 10.2. The second-order valence-corrected chi connectivity index (χ2v) is 8.07. The Morgan fingerprint density at radius 2 is 2.21 bits per heavy atom. The molecule has 24 heavy (non-hydrogen) atoms. The fourth-order valence-corrected chi connectivity index (χ4v) is 3.60. The Bertz CT molecular complexity index is 608. The van der Waals surface area contributed by atoms with Crippen molar-refractivity contribution in [2.45, 2.75) is 38.8 Å². The maximum absolute atomic E-state index is 12.7. The molecule has 1 atom stereocenters. The van der Waals surface area contributed by atoms with Crippen LogP contribution in [0.15, 0.2) is 22.8 Å². The van der Waals surface area contributed by atoms with Crippen LogP contribution in [0.25, 0.3) is 0 Å². The number of carbonyl (C=O) groups is 1. The summed E-state index contributed by atoms with van der Waals surface area (Å²) in [7, 11) is -3.41. The molecule has 0 radical (unpaired) electrons. The molecule has 0 N–H and O–H groups in total. The van der Waals surface area contributed by atoms with Crippen molar-refractivity contribution in [1.29, 1.82) is 0 Å². The molecule has 1 aromatic rings.